The van der Waals surface area contributed by atoms with Crippen LogP contribution in [0.5, 0.6) is 0 Å². The van der Waals surface area contributed by atoms with Crippen LogP contribution in [0.1, 0.15) is 13.8 Å². The van der Waals surface area contributed by atoms with Crippen LogP contribution in [0.2, 0.25) is 0 Å². The van der Waals surface area contributed by atoms with Crippen molar-refractivity contribution in [2.45, 2.75) is 31.7 Å². The lowest BCUT2D eigenvalue weighted by molar-refractivity contribution is -0.137. The Morgan fingerprint density at radius 2 is 2.19 bits per heavy atom. The van der Waals surface area contributed by atoms with E-state index >= 15 is 0 Å². The second kappa shape index (κ2) is 6.37. The average molecular weight is 379 g/mol. The molecule has 0 bridgehead atoms. The van der Waals surface area contributed by atoms with Crippen molar-refractivity contribution >= 4 is 23.3 Å². The molecule has 4 unspecified atom stereocenters. The highest BCUT2D eigenvalue weighted by Gasteiger charge is 2.72. The molecule has 2 fully saturated rings. The van der Waals surface area contributed by atoms with E-state index in [0.717, 1.165) is 11.5 Å². The number of fused-ring (bicyclic) bond motifs is 4. The predicted molar refractivity (Wildman–Crippen MR) is 98.5 cm³/mol. The number of hydrogen-bond donors (Lipinski definition) is 3. The van der Waals surface area contributed by atoms with Crippen LogP contribution < -0.4 is 10.6 Å². The summed E-state index contributed by atoms with van der Waals surface area (Å²) in [6.07, 6.45) is 0. The zero-order chi connectivity index (χ0) is 18.6. The standard InChI is InChI=1S/C18H25N3O4S/c1-4-26-6-5-19-13-9(2)15(23)14-12(16(13)24)10(8-22)18(25-3)17-11(20-17)7-21(14)18/h10-11,17,19-20,22H,4-8H2,1-3H3. The summed E-state index contributed by atoms with van der Waals surface area (Å²) in [6, 6.07) is 0.282. The number of rotatable bonds is 7. The number of ether oxygens (including phenoxy) is 1. The number of nitrogens with zero attached hydrogens (tertiary/aromatic N) is 1. The number of allylic oxidation sites excluding steroid dienone is 2. The van der Waals surface area contributed by atoms with Gasteiger partial charge >= 0.3 is 0 Å². The van der Waals surface area contributed by atoms with Crippen molar-refractivity contribution in [3.05, 3.63) is 22.5 Å². The van der Waals surface area contributed by atoms with Crippen molar-refractivity contribution in [2.24, 2.45) is 5.92 Å². The number of hydrogen-bond acceptors (Lipinski definition) is 8. The molecule has 3 aliphatic heterocycles. The van der Waals surface area contributed by atoms with Gasteiger partial charge in [-0.25, -0.2) is 0 Å². The van der Waals surface area contributed by atoms with Crippen LogP contribution in [0.3, 0.4) is 0 Å². The molecule has 26 heavy (non-hydrogen) atoms. The molecule has 4 rings (SSSR count). The van der Waals surface area contributed by atoms with Crippen molar-refractivity contribution in [2.75, 3.05) is 38.3 Å². The van der Waals surface area contributed by atoms with Crippen molar-refractivity contribution in [3.63, 3.8) is 0 Å². The molecule has 0 aromatic heterocycles. The first-order chi connectivity index (χ1) is 12.5. The van der Waals surface area contributed by atoms with Gasteiger partial charge in [-0.1, -0.05) is 6.92 Å². The molecule has 3 heterocycles. The van der Waals surface area contributed by atoms with E-state index in [9.17, 15) is 14.7 Å². The molecule has 0 radical (unpaired) electrons. The van der Waals surface area contributed by atoms with Gasteiger partial charge in [-0.15, -0.1) is 0 Å². The summed E-state index contributed by atoms with van der Waals surface area (Å²) in [7, 11) is 1.59. The van der Waals surface area contributed by atoms with Crippen LogP contribution in [0, 0.1) is 5.92 Å². The Bertz CT molecular complexity index is 734. The summed E-state index contributed by atoms with van der Waals surface area (Å²) in [5.41, 5.74) is 0.811. The number of ketones is 2. The number of aliphatic hydroxyl groups excluding tert-OH is 1. The topological polar surface area (TPSA) is 101 Å². The van der Waals surface area contributed by atoms with E-state index in [2.05, 4.69) is 17.6 Å². The average Bonchev–Trinajstić information content (AvgIpc) is 3.25. The molecule has 0 aromatic carbocycles. The van der Waals surface area contributed by atoms with E-state index in [-0.39, 0.29) is 30.3 Å². The lowest BCUT2D eigenvalue weighted by Gasteiger charge is -2.39. The zero-order valence-corrected chi connectivity index (χ0v) is 16.1. The summed E-state index contributed by atoms with van der Waals surface area (Å²) < 4.78 is 5.87. The minimum Gasteiger partial charge on any atom is -0.396 e. The van der Waals surface area contributed by atoms with Crippen molar-refractivity contribution in [3.8, 4) is 0 Å². The van der Waals surface area contributed by atoms with Gasteiger partial charge < -0.3 is 25.4 Å². The largest absolute Gasteiger partial charge is 0.396 e. The molecule has 4 aliphatic rings. The summed E-state index contributed by atoms with van der Waals surface area (Å²) >= 11 is 1.78. The molecule has 4 atom stereocenters. The molecular formula is C18H25N3O4S. The number of Topliss-reactive ketones (excluding diaryl/α,β-unsaturated/α-hetero) is 2. The first-order valence-electron chi connectivity index (χ1n) is 9.08. The van der Waals surface area contributed by atoms with Crippen LogP contribution in [-0.4, -0.2) is 77.7 Å². The van der Waals surface area contributed by atoms with Gasteiger partial charge in [0, 0.05) is 43.1 Å². The molecule has 7 nitrogen and oxygen atoms in total. The fourth-order valence-corrected chi connectivity index (χ4v) is 5.28. The molecular weight excluding hydrogens is 354 g/mol. The molecule has 8 heteroatoms. The maximum atomic E-state index is 13.3. The summed E-state index contributed by atoms with van der Waals surface area (Å²) in [5.74, 6) is 1.03. The molecule has 2 saturated heterocycles. The van der Waals surface area contributed by atoms with Crippen LogP contribution in [0.15, 0.2) is 22.5 Å². The number of piperazine rings is 1. The lowest BCUT2D eigenvalue weighted by Crippen LogP contribution is -2.54. The third-order valence-corrected chi connectivity index (χ3v) is 6.87. The van der Waals surface area contributed by atoms with E-state index in [1.807, 2.05) is 4.90 Å². The second-order valence-electron chi connectivity index (χ2n) is 7.10. The zero-order valence-electron chi connectivity index (χ0n) is 15.3. The van der Waals surface area contributed by atoms with Gasteiger partial charge in [0.05, 0.1) is 30.0 Å². The van der Waals surface area contributed by atoms with Crippen LogP contribution in [-0.2, 0) is 14.3 Å². The number of nitrogens with one attached hydrogen (secondary N) is 2. The molecule has 142 valence electrons. The second-order valence-corrected chi connectivity index (χ2v) is 8.49. The van der Waals surface area contributed by atoms with E-state index in [0.29, 0.717) is 35.6 Å². The Hall–Kier alpha value is -1.35. The van der Waals surface area contributed by atoms with Crippen molar-refractivity contribution in [1.82, 2.24) is 15.5 Å². The Balaban J connectivity index is 1.68. The summed E-state index contributed by atoms with van der Waals surface area (Å²) in [6.45, 7) is 4.81. The Labute approximate surface area is 157 Å². The highest BCUT2D eigenvalue weighted by atomic mass is 32.2. The minimum atomic E-state index is -0.844. The van der Waals surface area contributed by atoms with E-state index < -0.39 is 11.6 Å². The van der Waals surface area contributed by atoms with Crippen LogP contribution in [0.25, 0.3) is 0 Å². The molecule has 0 amide bonds. The molecule has 0 aromatic rings. The van der Waals surface area contributed by atoms with Crippen molar-refractivity contribution < 1.29 is 19.4 Å². The third-order valence-electron chi connectivity index (χ3n) is 5.97. The van der Waals surface area contributed by atoms with E-state index in [1.54, 1.807) is 25.8 Å². The van der Waals surface area contributed by atoms with Crippen LogP contribution >= 0.6 is 11.8 Å². The Morgan fingerprint density at radius 3 is 2.85 bits per heavy atom. The van der Waals surface area contributed by atoms with Gasteiger partial charge in [-0.05, 0) is 12.7 Å². The number of aliphatic hydroxyl groups is 1. The van der Waals surface area contributed by atoms with Gasteiger partial charge in [-0.2, -0.15) is 11.8 Å². The third kappa shape index (κ3) is 2.19. The molecule has 3 N–H and O–H groups in total. The summed E-state index contributed by atoms with van der Waals surface area (Å²) in [5, 5.41) is 16.6. The number of thioether (sulfide) groups is 1. The highest BCUT2D eigenvalue weighted by molar-refractivity contribution is 7.99. The lowest BCUT2D eigenvalue weighted by atomic mass is 9.82. The summed E-state index contributed by atoms with van der Waals surface area (Å²) in [4.78, 5) is 28.3. The number of carbonyl (C=O) groups excluding carboxylic acids is 2. The van der Waals surface area contributed by atoms with Gasteiger partial charge in [-0.3, -0.25) is 9.59 Å². The van der Waals surface area contributed by atoms with Gasteiger partial charge in [0.2, 0.25) is 11.6 Å². The first-order valence-corrected chi connectivity index (χ1v) is 10.2. The highest BCUT2D eigenvalue weighted by Crippen LogP contribution is 2.55. The molecule has 0 saturated carbocycles. The van der Waals surface area contributed by atoms with Gasteiger partial charge in [0.25, 0.3) is 0 Å². The van der Waals surface area contributed by atoms with E-state index in [4.69, 9.17) is 4.74 Å². The maximum absolute atomic E-state index is 13.3. The molecule has 0 spiro atoms. The SMILES string of the molecule is CCSCCNC1=C(C)C(=O)C2=C(C1=O)C(CO)C1(OC)C3NC3CN21. The number of carbonyl (C=O) groups is 2. The predicted octanol–water partition coefficient (Wildman–Crippen LogP) is -0.370. The normalized spacial score (nSPS) is 35.1. The number of methoxy groups -OCH3 is 1. The van der Waals surface area contributed by atoms with Crippen molar-refractivity contribution in [1.29, 1.82) is 0 Å². The van der Waals surface area contributed by atoms with E-state index in [1.165, 1.54) is 0 Å². The minimum absolute atomic E-state index is 0.0357. The molecule has 1 aliphatic carbocycles. The monoisotopic (exact) mass is 379 g/mol. The fourth-order valence-electron chi connectivity index (χ4n) is 4.75. The first kappa shape index (κ1) is 18.0. The van der Waals surface area contributed by atoms with Crippen LogP contribution in [0.4, 0.5) is 0 Å². The smallest absolute Gasteiger partial charge is 0.208 e. The quantitative estimate of drug-likeness (QED) is 0.313. The van der Waals surface area contributed by atoms with Gasteiger partial charge in [0.15, 0.2) is 5.72 Å². The maximum Gasteiger partial charge on any atom is 0.208 e. The Morgan fingerprint density at radius 1 is 1.42 bits per heavy atom. The van der Waals surface area contributed by atoms with Gasteiger partial charge in [0.1, 0.15) is 0 Å². The Kier molecular flexibility index (Phi) is 4.42. The fraction of sp³-hybridized carbons (Fsp3) is 0.667.